The number of hydrogen-bond acceptors (Lipinski definition) is 5. The van der Waals surface area contributed by atoms with Crippen LogP contribution in [0.2, 0.25) is 0 Å². The molecular weight excluding hydrogens is 418 g/mol. The fraction of sp³-hybridized carbons (Fsp3) is 0.409. The van der Waals surface area contributed by atoms with Crippen molar-refractivity contribution in [1.29, 1.82) is 0 Å². The molecule has 0 aromatic heterocycles. The number of benzene rings is 2. The zero-order valence-electron chi connectivity index (χ0n) is 17.7. The first-order valence-electron chi connectivity index (χ1n) is 10.4. The fourth-order valence-electron chi connectivity index (χ4n) is 3.70. The van der Waals surface area contributed by atoms with Crippen LogP contribution in [0.3, 0.4) is 0 Å². The first-order chi connectivity index (χ1) is 14.7. The van der Waals surface area contributed by atoms with Crippen molar-refractivity contribution in [2.75, 3.05) is 18.4 Å². The van der Waals surface area contributed by atoms with Gasteiger partial charge < -0.3 is 5.32 Å². The minimum Gasteiger partial charge on any atom is -0.326 e. The summed E-state index contributed by atoms with van der Waals surface area (Å²) in [6.07, 6.45) is 1.76. The maximum atomic E-state index is 12.9. The van der Waals surface area contributed by atoms with Crippen LogP contribution in [-0.4, -0.2) is 36.6 Å². The van der Waals surface area contributed by atoms with E-state index in [2.05, 4.69) is 19.2 Å². The Balaban J connectivity index is 1.63. The van der Waals surface area contributed by atoms with E-state index in [4.69, 9.17) is 0 Å². The minimum atomic E-state index is -4.00. The number of nitro groups is 1. The number of nitro benzene ring substituents is 1. The summed E-state index contributed by atoms with van der Waals surface area (Å²) in [5.74, 6) is 0.00180. The third-order valence-electron chi connectivity index (χ3n) is 5.86. The normalized spacial score (nSPS) is 16.6. The van der Waals surface area contributed by atoms with Gasteiger partial charge in [0.1, 0.15) is 0 Å². The van der Waals surface area contributed by atoms with E-state index in [1.807, 2.05) is 24.3 Å². The van der Waals surface area contributed by atoms with Crippen molar-refractivity contribution in [2.24, 2.45) is 5.92 Å². The van der Waals surface area contributed by atoms with Crippen LogP contribution in [0.25, 0.3) is 0 Å². The lowest BCUT2D eigenvalue weighted by atomic mass is 9.96. The number of amides is 1. The lowest BCUT2D eigenvalue weighted by molar-refractivity contribution is -0.387. The molecule has 1 amide bonds. The van der Waals surface area contributed by atoms with Gasteiger partial charge in [-0.3, -0.25) is 14.9 Å². The number of anilines is 1. The zero-order chi connectivity index (χ0) is 22.6. The van der Waals surface area contributed by atoms with Crippen LogP contribution < -0.4 is 5.32 Å². The molecule has 1 fully saturated rings. The van der Waals surface area contributed by atoms with Crippen LogP contribution >= 0.6 is 0 Å². The Morgan fingerprint density at radius 1 is 1.16 bits per heavy atom. The number of sulfonamides is 1. The summed E-state index contributed by atoms with van der Waals surface area (Å²) < 4.78 is 27.0. The second-order valence-corrected chi connectivity index (χ2v) is 9.73. The van der Waals surface area contributed by atoms with Crippen LogP contribution in [0.15, 0.2) is 53.4 Å². The molecule has 31 heavy (non-hydrogen) atoms. The molecule has 0 spiro atoms. The molecule has 2 aromatic rings. The van der Waals surface area contributed by atoms with Crippen LogP contribution in [-0.2, 0) is 14.8 Å². The van der Waals surface area contributed by atoms with E-state index < -0.39 is 20.6 Å². The van der Waals surface area contributed by atoms with Crippen molar-refractivity contribution in [2.45, 2.75) is 43.9 Å². The molecule has 8 nitrogen and oxygen atoms in total. The van der Waals surface area contributed by atoms with Crippen LogP contribution in [0.5, 0.6) is 0 Å². The molecule has 0 saturated carbocycles. The smallest absolute Gasteiger partial charge is 0.289 e. The monoisotopic (exact) mass is 445 g/mol. The van der Waals surface area contributed by atoms with Gasteiger partial charge in [-0.1, -0.05) is 38.1 Å². The van der Waals surface area contributed by atoms with Crippen molar-refractivity contribution in [3.63, 3.8) is 0 Å². The zero-order valence-corrected chi connectivity index (χ0v) is 18.5. The Hall–Kier alpha value is -2.78. The van der Waals surface area contributed by atoms with Gasteiger partial charge in [0, 0.05) is 30.8 Å². The van der Waals surface area contributed by atoms with Crippen molar-refractivity contribution >= 4 is 27.3 Å². The van der Waals surface area contributed by atoms with Gasteiger partial charge in [0.05, 0.1) is 4.92 Å². The highest BCUT2D eigenvalue weighted by molar-refractivity contribution is 7.89. The van der Waals surface area contributed by atoms with E-state index in [0.717, 1.165) is 6.42 Å². The molecule has 0 bridgehead atoms. The average molecular weight is 446 g/mol. The van der Waals surface area contributed by atoms with Gasteiger partial charge in [0.2, 0.25) is 15.9 Å². The Kier molecular flexibility index (Phi) is 7.07. The van der Waals surface area contributed by atoms with Crippen molar-refractivity contribution in [1.82, 2.24) is 4.31 Å². The number of carbonyl (C=O) groups excluding carboxylic acids is 1. The molecule has 3 rings (SSSR count). The van der Waals surface area contributed by atoms with Crippen molar-refractivity contribution in [3.8, 4) is 0 Å². The fourth-order valence-corrected chi connectivity index (χ4v) is 5.33. The van der Waals surface area contributed by atoms with Crippen molar-refractivity contribution in [3.05, 3.63) is 64.2 Å². The van der Waals surface area contributed by atoms with E-state index in [9.17, 15) is 23.3 Å². The topological polar surface area (TPSA) is 110 Å². The number of nitrogens with one attached hydrogen (secondary N) is 1. The van der Waals surface area contributed by atoms with E-state index in [-0.39, 0.29) is 29.8 Å². The number of para-hydroxylation sites is 1. The molecule has 1 saturated heterocycles. The second-order valence-electron chi connectivity index (χ2n) is 7.82. The van der Waals surface area contributed by atoms with Gasteiger partial charge >= 0.3 is 0 Å². The highest BCUT2D eigenvalue weighted by Crippen LogP contribution is 2.30. The summed E-state index contributed by atoms with van der Waals surface area (Å²) in [5, 5.41) is 14.1. The Morgan fingerprint density at radius 3 is 2.35 bits per heavy atom. The molecule has 0 aliphatic carbocycles. The molecule has 0 unspecified atom stereocenters. The molecule has 166 valence electrons. The quantitative estimate of drug-likeness (QED) is 0.509. The Morgan fingerprint density at radius 2 is 1.77 bits per heavy atom. The number of nitrogens with zero attached hydrogens (tertiary/aromatic N) is 2. The molecule has 2 aromatic carbocycles. The highest BCUT2D eigenvalue weighted by atomic mass is 32.2. The second kappa shape index (κ2) is 9.57. The van der Waals surface area contributed by atoms with E-state index >= 15 is 0 Å². The molecule has 1 N–H and O–H groups in total. The van der Waals surface area contributed by atoms with E-state index in [0.29, 0.717) is 24.4 Å². The Labute approximate surface area is 182 Å². The number of rotatable bonds is 7. The molecule has 1 aliphatic heterocycles. The maximum absolute atomic E-state index is 12.9. The SMILES string of the molecule is CC[C@@H](C)c1ccc(NC(=O)C2CCN(S(=O)(=O)c3ccccc3[N+](=O)[O-])CC2)cc1. The van der Waals surface area contributed by atoms with Gasteiger partial charge in [-0.15, -0.1) is 0 Å². The molecule has 1 aliphatic rings. The molecule has 0 radical (unpaired) electrons. The molecule has 1 heterocycles. The summed E-state index contributed by atoms with van der Waals surface area (Å²) in [6, 6.07) is 13.1. The predicted molar refractivity (Wildman–Crippen MR) is 118 cm³/mol. The lowest BCUT2D eigenvalue weighted by Gasteiger charge is -2.30. The molecule has 1 atom stereocenters. The summed E-state index contributed by atoms with van der Waals surface area (Å²) in [7, 11) is -4.00. The number of hydrogen-bond donors (Lipinski definition) is 1. The average Bonchev–Trinajstić information content (AvgIpc) is 2.79. The lowest BCUT2D eigenvalue weighted by Crippen LogP contribution is -2.41. The van der Waals surface area contributed by atoms with Crippen LogP contribution in [0.4, 0.5) is 11.4 Å². The first kappa shape index (κ1) is 22.9. The summed E-state index contributed by atoms with van der Waals surface area (Å²) in [6.45, 7) is 4.56. The molecule has 9 heteroatoms. The van der Waals surface area contributed by atoms with E-state index in [1.165, 1.54) is 34.1 Å². The summed E-state index contributed by atoms with van der Waals surface area (Å²) >= 11 is 0. The third-order valence-corrected chi connectivity index (χ3v) is 7.81. The minimum absolute atomic E-state index is 0.138. The highest BCUT2D eigenvalue weighted by Gasteiger charge is 2.35. The standard InChI is InChI=1S/C22H27N3O5S/c1-3-16(2)17-8-10-19(11-9-17)23-22(26)18-12-14-24(15-13-18)31(29,30)21-7-5-4-6-20(21)25(27)28/h4-11,16,18H,3,12-15H2,1-2H3,(H,23,26)/t16-/m1/s1. The van der Waals surface area contributed by atoms with Gasteiger partial charge in [0.25, 0.3) is 5.69 Å². The number of carbonyl (C=O) groups is 1. The predicted octanol–water partition coefficient (Wildman–Crippen LogP) is 4.15. The van der Waals surface area contributed by atoms with Gasteiger partial charge in [0.15, 0.2) is 4.90 Å². The van der Waals surface area contributed by atoms with Crippen LogP contribution in [0.1, 0.15) is 44.6 Å². The maximum Gasteiger partial charge on any atom is 0.289 e. The Bertz CT molecular complexity index is 1050. The largest absolute Gasteiger partial charge is 0.326 e. The number of piperidine rings is 1. The summed E-state index contributed by atoms with van der Waals surface area (Å²) in [4.78, 5) is 22.8. The van der Waals surface area contributed by atoms with Crippen molar-refractivity contribution < 1.29 is 18.1 Å². The first-order valence-corrected chi connectivity index (χ1v) is 11.8. The van der Waals surface area contributed by atoms with Gasteiger partial charge in [-0.2, -0.15) is 4.31 Å². The van der Waals surface area contributed by atoms with Gasteiger partial charge in [-0.25, -0.2) is 8.42 Å². The van der Waals surface area contributed by atoms with E-state index in [1.54, 1.807) is 0 Å². The van der Waals surface area contributed by atoms with Crippen LogP contribution in [0, 0.1) is 16.0 Å². The summed E-state index contributed by atoms with van der Waals surface area (Å²) in [5.41, 5.74) is 1.49. The third kappa shape index (κ3) is 5.11. The molecular formula is C22H27N3O5S. The van der Waals surface area contributed by atoms with Gasteiger partial charge in [-0.05, 0) is 48.9 Å².